The van der Waals surface area contributed by atoms with Gasteiger partial charge in [0.2, 0.25) is 0 Å². The molecule has 0 saturated carbocycles. The lowest BCUT2D eigenvalue weighted by Crippen LogP contribution is -2.05. The topological polar surface area (TPSA) is 12.0 Å². The molecular formula is C16H13BrFNS. The summed E-state index contributed by atoms with van der Waals surface area (Å²) in [6, 6.07) is 15.3. The molecule has 1 unspecified atom stereocenters. The van der Waals surface area contributed by atoms with Crippen LogP contribution in [0.2, 0.25) is 0 Å². The third kappa shape index (κ3) is 2.72. The molecule has 1 atom stereocenters. The molecule has 3 rings (SSSR count). The maximum atomic E-state index is 13.3. The van der Waals surface area contributed by atoms with Crippen LogP contribution in [0.25, 0.3) is 10.1 Å². The Morgan fingerprint density at radius 2 is 1.95 bits per heavy atom. The molecule has 1 N–H and O–H groups in total. The van der Waals surface area contributed by atoms with Crippen LogP contribution in [-0.4, -0.2) is 0 Å². The first-order valence-electron chi connectivity index (χ1n) is 6.33. The van der Waals surface area contributed by atoms with E-state index in [1.165, 1.54) is 27.1 Å². The highest BCUT2D eigenvalue weighted by atomic mass is 79.9. The molecule has 4 heteroatoms. The van der Waals surface area contributed by atoms with Crippen LogP contribution in [0, 0.1) is 5.82 Å². The van der Waals surface area contributed by atoms with E-state index < -0.39 is 0 Å². The number of benzene rings is 2. The Morgan fingerprint density at radius 1 is 1.15 bits per heavy atom. The number of halogens is 2. The summed E-state index contributed by atoms with van der Waals surface area (Å²) >= 11 is 5.20. The van der Waals surface area contributed by atoms with Crippen LogP contribution in [-0.2, 0) is 0 Å². The quantitative estimate of drug-likeness (QED) is 0.613. The predicted octanol–water partition coefficient (Wildman–Crippen LogP) is 5.98. The number of thiophene rings is 1. The molecule has 1 heterocycles. The van der Waals surface area contributed by atoms with E-state index in [1.807, 2.05) is 12.1 Å². The number of hydrogen-bond donors (Lipinski definition) is 1. The van der Waals surface area contributed by atoms with E-state index >= 15 is 0 Å². The first-order chi connectivity index (χ1) is 9.63. The van der Waals surface area contributed by atoms with Crippen molar-refractivity contribution in [1.29, 1.82) is 0 Å². The molecule has 2 aromatic carbocycles. The van der Waals surface area contributed by atoms with E-state index in [2.05, 4.69) is 46.4 Å². The van der Waals surface area contributed by atoms with Crippen LogP contribution in [0.1, 0.15) is 17.8 Å². The Kier molecular flexibility index (Phi) is 3.76. The smallest absolute Gasteiger partial charge is 0.125 e. The average molecular weight is 350 g/mol. The fourth-order valence-corrected chi connectivity index (χ4v) is 3.56. The number of hydrogen-bond acceptors (Lipinski definition) is 2. The average Bonchev–Trinajstić information content (AvgIpc) is 2.87. The van der Waals surface area contributed by atoms with Gasteiger partial charge in [-0.2, -0.15) is 0 Å². The first-order valence-corrected chi connectivity index (χ1v) is 7.94. The number of fused-ring (bicyclic) bond motifs is 1. The summed E-state index contributed by atoms with van der Waals surface area (Å²) in [4.78, 5) is 1.24. The Labute approximate surface area is 129 Å². The highest BCUT2D eigenvalue weighted by molar-refractivity contribution is 9.10. The molecule has 0 spiro atoms. The molecule has 0 aliphatic carbocycles. The van der Waals surface area contributed by atoms with Crippen LogP contribution in [0.4, 0.5) is 10.1 Å². The van der Waals surface area contributed by atoms with Gasteiger partial charge in [0.25, 0.3) is 0 Å². The zero-order valence-corrected chi connectivity index (χ0v) is 13.3. The van der Waals surface area contributed by atoms with Crippen molar-refractivity contribution in [2.75, 3.05) is 5.32 Å². The summed E-state index contributed by atoms with van der Waals surface area (Å²) in [5.41, 5.74) is 0.773. The zero-order valence-electron chi connectivity index (χ0n) is 10.9. The minimum absolute atomic E-state index is 0.130. The van der Waals surface area contributed by atoms with E-state index in [-0.39, 0.29) is 11.9 Å². The van der Waals surface area contributed by atoms with Gasteiger partial charge < -0.3 is 5.32 Å². The minimum atomic E-state index is -0.237. The van der Waals surface area contributed by atoms with Crippen molar-refractivity contribution in [2.45, 2.75) is 13.0 Å². The molecule has 0 aliphatic heterocycles. The van der Waals surface area contributed by atoms with Crippen molar-refractivity contribution in [1.82, 2.24) is 0 Å². The molecule has 102 valence electrons. The molecule has 0 amide bonds. The second-order valence-corrected chi connectivity index (χ2v) is 6.65. The van der Waals surface area contributed by atoms with E-state index in [4.69, 9.17) is 0 Å². The van der Waals surface area contributed by atoms with Gasteiger partial charge in [0.05, 0.1) is 11.7 Å². The Bertz CT molecular complexity index is 720. The summed E-state index contributed by atoms with van der Waals surface area (Å²) in [6.07, 6.45) is 0. The van der Waals surface area contributed by atoms with Gasteiger partial charge in [0, 0.05) is 14.0 Å². The highest BCUT2D eigenvalue weighted by Crippen LogP contribution is 2.33. The Morgan fingerprint density at radius 3 is 2.75 bits per heavy atom. The zero-order chi connectivity index (χ0) is 14.1. The normalized spacial score (nSPS) is 12.6. The Balaban J connectivity index is 1.88. The molecule has 0 aliphatic rings. The van der Waals surface area contributed by atoms with E-state index in [0.717, 1.165) is 10.2 Å². The van der Waals surface area contributed by atoms with E-state index in [0.29, 0.717) is 0 Å². The number of nitrogens with one attached hydrogen (secondary N) is 1. The molecule has 0 saturated heterocycles. The first kappa shape index (κ1) is 13.6. The summed E-state index contributed by atoms with van der Waals surface area (Å²) in [5, 5.41) is 4.60. The van der Waals surface area contributed by atoms with Crippen LogP contribution in [0.3, 0.4) is 0 Å². The van der Waals surface area contributed by atoms with Crippen molar-refractivity contribution in [2.24, 2.45) is 0 Å². The lowest BCUT2D eigenvalue weighted by atomic mass is 10.2. The maximum Gasteiger partial charge on any atom is 0.125 e. The second-order valence-electron chi connectivity index (χ2n) is 4.68. The van der Waals surface area contributed by atoms with Gasteiger partial charge in [-0.3, -0.25) is 0 Å². The molecule has 20 heavy (non-hydrogen) atoms. The number of anilines is 1. The van der Waals surface area contributed by atoms with Crippen molar-refractivity contribution in [3.63, 3.8) is 0 Å². The largest absolute Gasteiger partial charge is 0.377 e. The van der Waals surface area contributed by atoms with Crippen molar-refractivity contribution >= 4 is 43.0 Å². The SMILES string of the molecule is CC(Nc1cc(F)ccc1Br)c1cc2ccccc2s1. The fraction of sp³-hybridized carbons (Fsp3) is 0.125. The second kappa shape index (κ2) is 5.54. The summed E-state index contributed by atoms with van der Waals surface area (Å²) < 4.78 is 15.4. The van der Waals surface area contributed by atoms with Crippen LogP contribution in [0.15, 0.2) is 53.0 Å². The lowest BCUT2D eigenvalue weighted by Gasteiger charge is -2.15. The summed E-state index contributed by atoms with van der Waals surface area (Å²) in [5.74, 6) is -0.237. The van der Waals surface area contributed by atoms with Gasteiger partial charge in [-0.05, 0) is 58.6 Å². The van der Waals surface area contributed by atoms with Gasteiger partial charge in [-0.25, -0.2) is 4.39 Å². The third-order valence-electron chi connectivity index (χ3n) is 3.17. The number of rotatable bonds is 3. The molecule has 0 radical (unpaired) electrons. The van der Waals surface area contributed by atoms with Crippen molar-refractivity contribution in [3.8, 4) is 0 Å². The molecule has 0 fully saturated rings. The van der Waals surface area contributed by atoms with Crippen LogP contribution in [0.5, 0.6) is 0 Å². The molecule has 1 aromatic heterocycles. The van der Waals surface area contributed by atoms with Crippen molar-refractivity contribution in [3.05, 3.63) is 63.7 Å². The van der Waals surface area contributed by atoms with Gasteiger partial charge in [-0.1, -0.05) is 18.2 Å². The molecular weight excluding hydrogens is 337 g/mol. The van der Waals surface area contributed by atoms with Gasteiger partial charge in [0.1, 0.15) is 5.82 Å². The third-order valence-corrected chi connectivity index (χ3v) is 5.16. The Hall–Kier alpha value is -1.39. The monoisotopic (exact) mass is 349 g/mol. The lowest BCUT2D eigenvalue weighted by molar-refractivity contribution is 0.627. The van der Waals surface area contributed by atoms with Gasteiger partial charge in [-0.15, -0.1) is 11.3 Å². The maximum absolute atomic E-state index is 13.3. The fourth-order valence-electron chi connectivity index (χ4n) is 2.13. The van der Waals surface area contributed by atoms with Crippen LogP contribution < -0.4 is 5.32 Å². The molecule has 3 aromatic rings. The van der Waals surface area contributed by atoms with Gasteiger partial charge >= 0.3 is 0 Å². The molecule has 0 bridgehead atoms. The van der Waals surface area contributed by atoms with E-state index in [9.17, 15) is 4.39 Å². The van der Waals surface area contributed by atoms with Crippen molar-refractivity contribution < 1.29 is 4.39 Å². The predicted molar refractivity (Wildman–Crippen MR) is 88.0 cm³/mol. The van der Waals surface area contributed by atoms with Gasteiger partial charge in [0.15, 0.2) is 0 Å². The summed E-state index contributed by atoms with van der Waals surface area (Å²) in [7, 11) is 0. The van der Waals surface area contributed by atoms with Crippen LogP contribution >= 0.6 is 27.3 Å². The minimum Gasteiger partial charge on any atom is -0.377 e. The molecule has 1 nitrogen and oxygen atoms in total. The van der Waals surface area contributed by atoms with E-state index in [1.54, 1.807) is 17.4 Å². The standard InChI is InChI=1S/C16H13BrFNS/c1-10(19-14-9-12(18)6-7-13(14)17)16-8-11-4-2-3-5-15(11)20-16/h2-10,19H,1H3. The summed E-state index contributed by atoms with van der Waals surface area (Å²) in [6.45, 7) is 2.09. The highest BCUT2D eigenvalue weighted by Gasteiger charge is 2.11.